The molecule has 0 radical (unpaired) electrons. The number of carbonyl (C=O) groups excluding carboxylic acids is 1. The van der Waals surface area contributed by atoms with Crippen LogP contribution in [-0.4, -0.2) is 46.8 Å². The Labute approximate surface area is 200 Å². The Kier molecular flexibility index (Phi) is 7.52. The molecular weight excluding hydrogens is 432 g/mol. The third kappa shape index (κ3) is 5.67. The average Bonchev–Trinajstić information content (AvgIpc) is 2.87. The van der Waals surface area contributed by atoms with E-state index in [4.69, 9.17) is 15.5 Å². The molecule has 4 rings (SSSR count). The van der Waals surface area contributed by atoms with Gasteiger partial charge in [-0.3, -0.25) is 4.79 Å². The van der Waals surface area contributed by atoms with Crippen LogP contribution in [-0.2, 0) is 17.8 Å². The smallest absolute Gasteiger partial charge is 0.263 e. The summed E-state index contributed by atoms with van der Waals surface area (Å²) < 4.78 is 6.15. The van der Waals surface area contributed by atoms with E-state index in [1.54, 1.807) is 6.92 Å². The summed E-state index contributed by atoms with van der Waals surface area (Å²) in [5.41, 5.74) is 11.0. The van der Waals surface area contributed by atoms with Crippen LogP contribution in [0.15, 0.2) is 66.7 Å². The summed E-state index contributed by atoms with van der Waals surface area (Å²) in [6, 6.07) is 21.9. The Balaban J connectivity index is 1.53. The van der Waals surface area contributed by atoms with Gasteiger partial charge in [0.25, 0.3) is 5.91 Å². The molecule has 3 N–H and O–H groups in total. The molecule has 0 bridgehead atoms. The second-order valence-corrected chi connectivity index (χ2v) is 8.64. The molecule has 1 aliphatic rings. The van der Waals surface area contributed by atoms with Gasteiger partial charge >= 0.3 is 0 Å². The highest BCUT2D eigenvalue weighted by molar-refractivity contribution is 7.80. The van der Waals surface area contributed by atoms with Crippen molar-refractivity contribution < 1.29 is 9.53 Å². The molecule has 1 unspecified atom stereocenters. The lowest BCUT2D eigenvalue weighted by atomic mass is 9.99. The van der Waals surface area contributed by atoms with E-state index in [9.17, 15) is 4.79 Å². The van der Waals surface area contributed by atoms with Crippen molar-refractivity contribution in [1.29, 1.82) is 0 Å². The Morgan fingerprint density at radius 2 is 1.85 bits per heavy atom. The van der Waals surface area contributed by atoms with Gasteiger partial charge in [0.2, 0.25) is 5.88 Å². The number of carbonyl (C=O) groups is 1. The number of hydrogen-bond acceptors (Lipinski definition) is 6. The molecule has 1 aromatic heterocycles. The van der Waals surface area contributed by atoms with Gasteiger partial charge in [-0.2, -0.15) is 12.6 Å². The number of rotatable bonds is 8. The molecular formula is C26H30N4O2S. The van der Waals surface area contributed by atoms with E-state index in [1.165, 1.54) is 11.1 Å². The standard InChI is InChI=1S/C26H30N4O2S/c1-18(26(31)30-14-13-19-7-5-6-10-21(19)16-30)32-25-24(28-15-22(27)17-33)12-11-23(29-25)20-8-3-2-4-9-20/h2-12,18,22,28,33H,13-17,27H2,1H3/t18-,22?/m1/s1. The monoisotopic (exact) mass is 462 g/mol. The lowest BCUT2D eigenvalue weighted by molar-refractivity contribution is -0.139. The van der Waals surface area contributed by atoms with Crippen molar-refractivity contribution in [3.05, 3.63) is 77.9 Å². The van der Waals surface area contributed by atoms with E-state index in [-0.39, 0.29) is 11.9 Å². The van der Waals surface area contributed by atoms with Gasteiger partial charge in [0, 0.05) is 37.0 Å². The SMILES string of the molecule is C[C@@H](Oc1nc(-c2ccccc2)ccc1NCC(N)CS)C(=O)N1CCc2ccccc2C1. The van der Waals surface area contributed by atoms with Crippen molar-refractivity contribution in [2.24, 2.45) is 5.73 Å². The van der Waals surface area contributed by atoms with Crippen LogP contribution in [0.1, 0.15) is 18.1 Å². The van der Waals surface area contributed by atoms with Crippen molar-refractivity contribution in [1.82, 2.24) is 9.88 Å². The van der Waals surface area contributed by atoms with Gasteiger partial charge in [-0.25, -0.2) is 4.98 Å². The topological polar surface area (TPSA) is 80.5 Å². The van der Waals surface area contributed by atoms with Crippen molar-refractivity contribution in [2.75, 3.05) is 24.2 Å². The molecule has 0 spiro atoms. The van der Waals surface area contributed by atoms with E-state index in [0.717, 1.165) is 17.7 Å². The number of amides is 1. The predicted molar refractivity (Wildman–Crippen MR) is 136 cm³/mol. The summed E-state index contributed by atoms with van der Waals surface area (Å²) in [6.45, 7) is 3.59. The van der Waals surface area contributed by atoms with E-state index in [0.29, 0.717) is 37.0 Å². The van der Waals surface area contributed by atoms with Gasteiger partial charge in [-0.05, 0) is 36.6 Å². The van der Waals surface area contributed by atoms with E-state index < -0.39 is 6.10 Å². The Hall–Kier alpha value is -3.03. The number of benzene rings is 2. The Bertz CT molecular complexity index is 1090. The number of nitrogens with two attached hydrogens (primary N) is 1. The van der Waals surface area contributed by atoms with Gasteiger partial charge in [0.05, 0.1) is 11.4 Å². The van der Waals surface area contributed by atoms with Gasteiger partial charge in [-0.15, -0.1) is 0 Å². The fourth-order valence-corrected chi connectivity index (χ4v) is 4.03. The number of nitrogens with zero attached hydrogens (tertiary/aromatic N) is 2. The molecule has 6 nitrogen and oxygen atoms in total. The van der Waals surface area contributed by atoms with Crippen molar-refractivity contribution in [2.45, 2.75) is 32.0 Å². The molecule has 2 atom stereocenters. The molecule has 172 valence electrons. The number of hydrogen-bond donors (Lipinski definition) is 3. The minimum atomic E-state index is -0.673. The first-order valence-corrected chi connectivity index (χ1v) is 11.9. The highest BCUT2D eigenvalue weighted by Gasteiger charge is 2.27. The van der Waals surface area contributed by atoms with Gasteiger partial charge in [-0.1, -0.05) is 54.6 Å². The van der Waals surface area contributed by atoms with E-state index in [1.807, 2.05) is 59.5 Å². The summed E-state index contributed by atoms with van der Waals surface area (Å²) in [5, 5.41) is 3.29. The maximum Gasteiger partial charge on any atom is 0.263 e. The summed E-state index contributed by atoms with van der Waals surface area (Å²) in [7, 11) is 0. The molecule has 2 aromatic carbocycles. The van der Waals surface area contributed by atoms with Crippen LogP contribution < -0.4 is 15.8 Å². The normalized spacial score (nSPS) is 14.8. The number of fused-ring (bicyclic) bond motifs is 1. The van der Waals surface area contributed by atoms with E-state index >= 15 is 0 Å². The fourth-order valence-electron chi connectivity index (χ4n) is 3.90. The molecule has 0 aliphatic carbocycles. The molecule has 1 aliphatic heterocycles. The van der Waals surface area contributed by atoms with Gasteiger partial charge < -0.3 is 20.7 Å². The van der Waals surface area contributed by atoms with Crippen LogP contribution in [0.3, 0.4) is 0 Å². The highest BCUT2D eigenvalue weighted by Crippen LogP contribution is 2.28. The third-order valence-electron chi connectivity index (χ3n) is 5.80. The lowest BCUT2D eigenvalue weighted by Crippen LogP contribution is -2.43. The number of ether oxygens (including phenoxy) is 1. The van der Waals surface area contributed by atoms with Crippen LogP contribution in [0.4, 0.5) is 5.69 Å². The second-order valence-electron chi connectivity index (χ2n) is 8.28. The first-order valence-electron chi connectivity index (χ1n) is 11.2. The summed E-state index contributed by atoms with van der Waals surface area (Å²) >= 11 is 4.25. The average molecular weight is 463 g/mol. The largest absolute Gasteiger partial charge is 0.463 e. The fraction of sp³-hybridized carbons (Fsp3) is 0.308. The van der Waals surface area contributed by atoms with Gasteiger partial charge in [0.1, 0.15) is 0 Å². The minimum Gasteiger partial charge on any atom is -0.463 e. The first-order chi connectivity index (χ1) is 16.0. The summed E-state index contributed by atoms with van der Waals surface area (Å²) in [6.07, 6.45) is 0.179. The van der Waals surface area contributed by atoms with Crippen LogP contribution in [0, 0.1) is 0 Å². The quantitative estimate of drug-likeness (QED) is 0.444. The predicted octanol–water partition coefficient (Wildman–Crippen LogP) is 3.77. The van der Waals surface area contributed by atoms with Crippen molar-refractivity contribution in [3.8, 4) is 17.1 Å². The molecule has 33 heavy (non-hydrogen) atoms. The number of thiol groups is 1. The Morgan fingerprint density at radius 3 is 2.61 bits per heavy atom. The molecule has 1 amide bonds. The van der Waals surface area contributed by atoms with Crippen LogP contribution in [0.5, 0.6) is 5.88 Å². The highest BCUT2D eigenvalue weighted by atomic mass is 32.1. The minimum absolute atomic E-state index is 0.0468. The summed E-state index contributed by atoms with van der Waals surface area (Å²) in [4.78, 5) is 19.8. The number of pyridine rings is 1. The maximum atomic E-state index is 13.2. The van der Waals surface area contributed by atoms with Crippen LogP contribution in [0.2, 0.25) is 0 Å². The number of anilines is 1. The van der Waals surface area contributed by atoms with Crippen molar-refractivity contribution in [3.63, 3.8) is 0 Å². The lowest BCUT2D eigenvalue weighted by Gasteiger charge is -2.31. The molecule has 0 saturated carbocycles. The zero-order valence-corrected chi connectivity index (χ0v) is 19.7. The van der Waals surface area contributed by atoms with Crippen LogP contribution >= 0.6 is 12.6 Å². The molecule has 0 saturated heterocycles. The number of nitrogens with one attached hydrogen (secondary N) is 1. The van der Waals surface area contributed by atoms with Crippen molar-refractivity contribution >= 4 is 24.2 Å². The maximum absolute atomic E-state index is 13.2. The molecule has 7 heteroatoms. The third-order valence-corrected chi connectivity index (χ3v) is 6.27. The van der Waals surface area contributed by atoms with Gasteiger partial charge in [0.15, 0.2) is 6.10 Å². The summed E-state index contributed by atoms with van der Waals surface area (Å²) in [5.74, 6) is 0.903. The first kappa shape index (κ1) is 23.1. The molecule has 0 fully saturated rings. The molecule has 3 aromatic rings. The second kappa shape index (κ2) is 10.7. The number of aromatic nitrogens is 1. The zero-order valence-electron chi connectivity index (χ0n) is 18.8. The Morgan fingerprint density at radius 1 is 1.12 bits per heavy atom. The molecule has 2 heterocycles. The van der Waals surface area contributed by atoms with Crippen LogP contribution in [0.25, 0.3) is 11.3 Å². The van der Waals surface area contributed by atoms with E-state index in [2.05, 4.69) is 30.1 Å². The zero-order chi connectivity index (χ0) is 23.2.